The number of rotatable bonds is 2. The van der Waals surface area contributed by atoms with Gasteiger partial charge in [0.2, 0.25) is 0 Å². The third kappa shape index (κ3) is 8.42. The fourth-order valence-corrected chi connectivity index (χ4v) is 2.16. The minimum atomic E-state index is 0.575. The normalized spacial score (nSPS) is 20.5. The number of unbranched alkanes of at least 4 members (excludes halogenated alkanes) is 2. The van der Waals surface area contributed by atoms with Crippen molar-refractivity contribution >= 4 is 23.3 Å². The van der Waals surface area contributed by atoms with Gasteiger partial charge in [-0.3, -0.25) is 0 Å². The molecule has 0 unspecified atom stereocenters. The van der Waals surface area contributed by atoms with Crippen molar-refractivity contribution in [3.8, 4) is 0 Å². The van der Waals surface area contributed by atoms with Gasteiger partial charge in [-0.2, -0.15) is 0 Å². The first-order chi connectivity index (χ1) is 7.87. The molecule has 106 valence electrons. The lowest BCUT2D eigenvalue weighted by molar-refractivity contribution is 0.0520. The summed E-state index contributed by atoms with van der Waals surface area (Å²) >= 11 is 6.44. The molecule has 1 aliphatic rings. The molecule has 0 heterocycles. The summed E-state index contributed by atoms with van der Waals surface area (Å²) in [5.74, 6) is 0. The molecule has 1 fully saturated rings. The molecule has 1 saturated carbocycles. The molecule has 1 rings (SSSR count). The zero-order valence-electron chi connectivity index (χ0n) is 12.8. The van der Waals surface area contributed by atoms with Crippen LogP contribution < -0.4 is 0 Å². The van der Waals surface area contributed by atoms with E-state index in [1.807, 2.05) is 0 Å². The van der Waals surface area contributed by atoms with Crippen LogP contribution >= 0.6 is 23.3 Å². The Balaban J connectivity index is 0. The second-order valence-corrected chi connectivity index (χ2v) is 6.33. The predicted molar refractivity (Wildman–Crippen MR) is 89.2 cm³/mol. The SMILES string of the molecule is CC1(C)CCCCC1(C)C.CCCCC.SS. The molecule has 0 spiro atoms. The molecular weight excluding hydrogens is 244 g/mol. The van der Waals surface area contributed by atoms with Crippen molar-refractivity contribution in [2.24, 2.45) is 10.8 Å². The van der Waals surface area contributed by atoms with E-state index in [2.05, 4.69) is 64.9 Å². The molecular formula is C15H34S2. The van der Waals surface area contributed by atoms with Crippen LogP contribution in [0.1, 0.15) is 86.5 Å². The van der Waals surface area contributed by atoms with Crippen LogP contribution in [-0.4, -0.2) is 0 Å². The van der Waals surface area contributed by atoms with E-state index in [1.165, 1.54) is 44.9 Å². The molecule has 0 atom stereocenters. The molecule has 0 aromatic rings. The van der Waals surface area contributed by atoms with E-state index in [0.29, 0.717) is 10.8 Å². The van der Waals surface area contributed by atoms with Crippen LogP contribution in [0.4, 0.5) is 0 Å². The van der Waals surface area contributed by atoms with Gasteiger partial charge in [0.25, 0.3) is 0 Å². The summed E-state index contributed by atoms with van der Waals surface area (Å²) in [4.78, 5) is 0. The predicted octanol–water partition coefficient (Wildman–Crippen LogP) is 6.57. The van der Waals surface area contributed by atoms with Crippen LogP contribution in [0.15, 0.2) is 0 Å². The van der Waals surface area contributed by atoms with Crippen molar-refractivity contribution in [3.05, 3.63) is 0 Å². The Morgan fingerprint density at radius 1 is 0.765 bits per heavy atom. The highest BCUT2D eigenvalue weighted by molar-refractivity contribution is 8.59. The van der Waals surface area contributed by atoms with Crippen molar-refractivity contribution in [3.63, 3.8) is 0 Å². The highest BCUT2D eigenvalue weighted by Crippen LogP contribution is 2.49. The lowest BCUT2D eigenvalue weighted by Gasteiger charge is -2.45. The molecule has 0 radical (unpaired) electrons. The quantitative estimate of drug-likeness (QED) is 0.414. The minimum absolute atomic E-state index is 0.575. The van der Waals surface area contributed by atoms with E-state index in [0.717, 1.165) is 0 Å². The summed E-state index contributed by atoms with van der Waals surface area (Å²) in [6.45, 7) is 14.1. The maximum atomic E-state index is 3.22. The molecule has 1 aliphatic carbocycles. The summed E-state index contributed by atoms with van der Waals surface area (Å²) in [6.07, 6.45) is 9.79. The molecule has 17 heavy (non-hydrogen) atoms. The van der Waals surface area contributed by atoms with Crippen LogP contribution in [0.5, 0.6) is 0 Å². The van der Waals surface area contributed by atoms with Gasteiger partial charge < -0.3 is 0 Å². The van der Waals surface area contributed by atoms with E-state index >= 15 is 0 Å². The van der Waals surface area contributed by atoms with Gasteiger partial charge in [0.1, 0.15) is 0 Å². The first-order valence-corrected chi connectivity index (χ1v) is 8.67. The summed E-state index contributed by atoms with van der Waals surface area (Å²) in [5, 5.41) is 0. The average molecular weight is 279 g/mol. The van der Waals surface area contributed by atoms with Gasteiger partial charge >= 0.3 is 0 Å². The van der Waals surface area contributed by atoms with Crippen LogP contribution in [0.25, 0.3) is 0 Å². The largest absolute Gasteiger partial charge is 0.115 e. The Hall–Kier alpha value is 0.700. The van der Waals surface area contributed by atoms with Crippen molar-refractivity contribution in [2.75, 3.05) is 0 Å². The van der Waals surface area contributed by atoms with Crippen molar-refractivity contribution in [2.45, 2.75) is 86.5 Å². The fraction of sp³-hybridized carbons (Fsp3) is 1.00. The van der Waals surface area contributed by atoms with Crippen LogP contribution in [0.3, 0.4) is 0 Å². The van der Waals surface area contributed by atoms with E-state index in [9.17, 15) is 0 Å². The average Bonchev–Trinajstić information content (AvgIpc) is 2.28. The lowest BCUT2D eigenvalue weighted by Crippen LogP contribution is -2.35. The number of thiol groups is 2. The smallest absolute Gasteiger partial charge is 0.0303 e. The first-order valence-electron chi connectivity index (χ1n) is 7.07. The highest BCUT2D eigenvalue weighted by atomic mass is 33.1. The molecule has 0 N–H and O–H groups in total. The van der Waals surface area contributed by atoms with Crippen molar-refractivity contribution in [1.29, 1.82) is 0 Å². The number of hydrogen-bond donors (Lipinski definition) is 2. The van der Waals surface area contributed by atoms with E-state index < -0.39 is 0 Å². The third-order valence-corrected chi connectivity index (χ3v) is 4.39. The summed E-state index contributed by atoms with van der Waals surface area (Å²) in [6, 6.07) is 0. The molecule has 2 heteroatoms. The van der Waals surface area contributed by atoms with Crippen LogP contribution in [0.2, 0.25) is 0 Å². The minimum Gasteiger partial charge on any atom is -0.115 e. The zero-order chi connectivity index (χ0) is 13.9. The molecule has 0 nitrogen and oxygen atoms in total. The molecule has 0 bridgehead atoms. The zero-order valence-corrected chi connectivity index (χ0v) is 14.6. The van der Waals surface area contributed by atoms with Crippen molar-refractivity contribution < 1.29 is 0 Å². The van der Waals surface area contributed by atoms with Gasteiger partial charge in [0.05, 0.1) is 0 Å². The monoisotopic (exact) mass is 278 g/mol. The lowest BCUT2D eigenvalue weighted by atomic mass is 9.60. The Kier molecular flexibility index (Phi) is 12.5. The summed E-state index contributed by atoms with van der Waals surface area (Å²) < 4.78 is 0. The number of hydrogen-bond acceptors (Lipinski definition) is 2. The van der Waals surface area contributed by atoms with Gasteiger partial charge in [-0.1, -0.05) is 73.6 Å². The standard InChI is InChI=1S/C10H20.C5H12.H2S2/c1-9(2)7-5-6-8-10(9,3)4;1-3-5-4-2;1-2/h5-8H2,1-4H3;3-5H2,1-2H3;1-2H. The van der Waals surface area contributed by atoms with Gasteiger partial charge in [-0.15, -0.1) is 23.3 Å². The van der Waals surface area contributed by atoms with Gasteiger partial charge in [-0.25, -0.2) is 0 Å². The molecule has 0 aromatic carbocycles. The van der Waals surface area contributed by atoms with Gasteiger partial charge in [-0.05, 0) is 23.7 Å². The maximum Gasteiger partial charge on any atom is -0.0303 e. The van der Waals surface area contributed by atoms with Crippen molar-refractivity contribution in [1.82, 2.24) is 0 Å². The van der Waals surface area contributed by atoms with E-state index in [1.54, 1.807) is 0 Å². The maximum absolute atomic E-state index is 3.22. The highest BCUT2D eigenvalue weighted by Gasteiger charge is 2.38. The summed E-state index contributed by atoms with van der Waals surface area (Å²) in [7, 11) is 0. The Bertz CT molecular complexity index is 144. The van der Waals surface area contributed by atoms with E-state index in [4.69, 9.17) is 0 Å². The fourth-order valence-electron chi connectivity index (χ4n) is 2.16. The molecule has 0 amide bonds. The van der Waals surface area contributed by atoms with Crippen LogP contribution in [0, 0.1) is 10.8 Å². The molecule has 0 aliphatic heterocycles. The third-order valence-electron chi connectivity index (χ3n) is 4.39. The summed E-state index contributed by atoms with van der Waals surface area (Å²) in [5.41, 5.74) is 1.15. The van der Waals surface area contributed by atoms with Gasteiger partial charge in [0.15, 0.2) is 0 Å². The topological polar surface area (TPSA) is 0 Å². The Morgan fingerprint density at radius 2 is 1.06 bits per heavy atom. The second-order valence-electron chi connectivity index (χ2n) is 6.33. The molecule has 0 saturated heterocycles. The van der Waals surface area contributed by atoms with Gasteiger partial charge in [0, 0.05) is 0 Å². The first kappa shape index (κ1) is 20.0. The molecule has 0 aromatic heterocycles. The van der Waals surface area contributed by atoms with E-state index in [-0.39, 0.29) is 0 Å². The Morgan fingerprint density at radius 3 is 1.18 bits per heavy atom. The Labute approximate surface area is 121 Å². The second kappa shape index (κ2) is 10.6. The van der Waals surface area contributed by atoms with Crippen LogP contribution in [-0.2, 0) is 0 Å².